The molecule has 0 bridgehead atoms. The van der Waals surface area contributed by atoms with Crippen molar-refractivity contribution in [3.05, 3.63) is 63.4 Å². The maximum Gasteiger partial charge on any atom is 0.126 e. The highest BCUT2D eigenvalue weighted by Crippen LogP contribution is 2.32. The molecule has 0 aliphatic heterocycles. The molecule has 0 aromatic heterocycles. The molecular weight excluding hydrogens is 321 g/mol. The van der Waals surface area contributed by atoms with Gasteiger partial charge >= 0.3 is 0 Å². The lowest BCUT2D eigenvalue weighted by molar-refractivity contribution is 0.404. The van der Waals surface area contributed by atoms with E-state index in [4.69, 9.17) is 10.5 Å². The minimum atomic E-state index is -0.321. The van der Waals surface area contributed by atoms with Crippen LogP contribution in [0.3, 0.4) is 0 Å². The van der Waals surface area contributed by atoms with Gasteiger partial charge in [0.05, 0.1) is 7.11 Å². The Labute approximate surface area is 126 Å². The minimum absolute atomic E-state index is 0.229. The molecule has 1 unspecified atom stereocenters. The number of nitrogens with two attached hydrogens (primary N) is 1. The third kappa shape index (κ3) is 3.19. The quantitative estimate of drug-likeness (QED) is 0.909. The normalized spacial score (nSPS) is 12.2. The number of hydrogen-bond acceptors (Lipinski definition) is 2. The first-order valence-corrected chi connectivity index (χ1v) is 7.15. The van der Waals surface area contributed by atoms with Crippen LogP contribution in [-0.4, -0.2) is 7.11 Å². The smallest absolute Gasteiger partial charge is 0.126 e. The maximum atomic E-state index is 13.7. The van der Waals surface area contributed by atoms with Crippen molar-refractivity contribution < 1.29 is 9.13 Å². The van der Waals surface area contributed by atoms with Crippen LogP contribution in [0.4, 0.5) is 4.39 Å². The van der Waals surface area contributed by atoms with Crippen molar-refractivity contribution in [3.8, 4) is 5.75 Å². The van der Waals surface area contributed by atoms with E-state index in [9.17, 15) is 4.39 Å². The number of hydrogen-bond donors (Lipinski definition) is 1. The van der Waals surface area contributed by atoms with E-state index in [1.165, 1.54) is 6.07 Å². The summed E-state index contributed by atoms with van der Waals surface area (Å²) in [5.74, 6) is 0.502. The van der Waals surface area contributed by atoms with E-state index in [0.29, 0.717) is 12.0 Å². The van der Waals surface area contributed by atoms with Crippen LogP contribution in [0, 0.1) is 12.7 Å². The van der Waals surface area contributed by atoms with E-state index >= 15 is 0 Å². The summed E-state index contributed by atoms with van der Waals surface area (Å²) in [6.45, 7) is 1.98. The summed E-state index contributed by atoms with van der Waals surface area (Å²) in [7, 11) is 1.61. The molecule has 0 aliphatic rings. The van der Waals surface area contributed by atoms with Gasteiger partial charge in [0, 0.05) is 16.1 Å². The van der Waals surface area contributed by atoms with Crippen LogP contribution >= 0.6 is 15.9 Å². The van der Waals surface area contributed by atoms with Crippen molar-refractivity contribution in [1.82, 2.24) is 0 Å². The van der Waals surface area contributed by atoms with Crippen LogP contribution in [0.5, 0.6) is 5.75 Å². The van der Waals surface area contributed by atoms with Gasteiger partial charge < -0.3 is 10.5 Å². The Morgan fingerprint density at radius 1 is 1.30 bits per heavy atom. The number of halogens is 2. The third-order valence-electron chi connectivity index (χ3n) is 3.31. The molecule has 20 heavy (non-hydrogen) atoms. The molecule has 106 valence electrons. The van der Waals surface area contributed by atoms with Gasteiger partial charge in [0.25, 0.3) is 0 Å². The predicted molar refractivity (Wildman–Crippen MR) is 82.5 cm³/mol. The van der Waals surface area contributed by atoms with E-state index < -0.39 is 0 Å². The van der Waals surface area contributed by atoms with Gasteiger partial charge in [0.1, 0.15) is 11.6 Å². The third-order valence-corrected chi connectivity index (χ3v) is 4.16. The van der Waals surface area contributed by atoms with Gasteiger partial charge in [-0.05, 0) is 42.7 Å². The Balaban J connectivity index is 2.32. The van der Waals surface area contributed by atoms with Gasteiger partial charge in [-0.3, -0.25) is 0 Å². The van der Waals surface area contributed by atoms with Crippen molar-refractivity contribution in [2.45, 2.75) is 19.4 Å². The van der Waals surface area contributed by atoms with Gasteiger partial charge in [-0.2, -0.15) is 0 Å². The summed E-state index contributed by atoms with van der Waals surface area (Å²) in [5, 5.41) is 0. The molecule has 0 fully saturated rings. The second-order valence-electron chi connectivity index (χ2n) is 4.75. The Morgan fingerprint density at radius 2 is 2.00 bits per heavy atom. The molecular formula is C16H17BrFNO. The summed E-state index contributed by atoms with van der Waals surface area (Å²) < 4.78 is 20.0. The molecule has 2 N–H and O–H groups in total. The molecule has 0 aliphatic carbocycles. The van der Waals surface area contributed by atoms with E-state index in [1.54, 1.807) is 19.2 Å². The Hall–Kier alpha value is -1.39. The fourth-order valence-electron chi connectivity index (χ4n) is 2.15. The summed E-state index contributed by atoms with van der Waals surface area (Å²) in [4.78, 5) is 0. The van der Waals surface area contributed by atoms with Crippen molar-refractivity contribution in [3.63, 3.8) is 0 Å². The van der Waals surface area contributed by atoms with Gasteiger partial charge in [-0.1, -0.05) is 34.1 Å². The molecule has 2 nitrogen and oxygen atoms in total. The Bertz CT molecular complexity index is 615. The summed E-state index contributed by atoms with van der Waals surface area (Å²) in [6.07, 6.45) is 0.429. The summed E-state index contributed by atoms with van der Waals surface area (Å²) in [5.41, 5.74) is 8.78. The van der Waals surface area contributed by atoms with Crippen molar-refractivity contribution in [1.29, 1.82) is 0 Å². The van der Waals surface area contributed by atoms with Crippen LogP contribution in [0.25, 0.3) is 0 Å². The lowest BCUT2D eigenvalue weighted by atomic mass is 9.97. The second kappa shape index (κ2) is 6.37. The Morgan fingerprint density at radius 3 is 2.65 bits per heavy atom. The van der Waals surface area contributed by atoms with Gasteiger partial charge in [0.15, 0.2) is 0 Å². The van der Waals surface area contributed by atoms with E-state index in [0.717, 1.165) is 21.3 Å². The molecule has 0 amide bonds. The van der Waals surface area contributed by atoms with Crippen LogP contribution in [0.1, 0.15) is 22.7 Å². The van der Waals surface area contributed by atoms with Crippen molar-refractivity contribution in [2.75, 3.05) is 7.11 Å². The number of ether oxygens (including phenoxy) is 1. The zero-order chi connectivity index (χ0) is 14.7. The number of benzene rings is 2. The summed E-state index contributed by atoms with van der Waals surface area (Å²) >= 11 is 3.49. The molecule has 2 aromatic carbocycles. The van der Waals surface area contributed by atoms with E-state index in [-0.39, 0.29) is 11.9 Å². The van der Waals surface area contributed by atoms with Gasteiger partial charge in [-0.15, -0.1) is 0 Å². The second-order valence-corrected chi connectivity index (χ2v) is 5.60. The van der Waals surface area contributed by atoms with Crippen molar-refractivity contribution >= 4 is 15.9 Å². The van der Waals surface area contributed by atoms with Crippen LogP contribution in [-0.2, 0) is 6.42 Å². The first-order valence-electron chi connectivity index (χ1n) is 6.36. The van der Waals surface area contributed by atoms with Crippen LogP contribution in [0.15, 0.2) is 40.9 Å². The average molecular weight is 338 g/mol. The maximum absolute atomic E-state index is 13.7. The number of methoxy groups -OCH3 is 1. The number of aryl methyl sites for hydroxylation is 1. The Kier molecular flexibility index (Phi) is 4.78. The topological polar surface area (TPSA) is 35.2 Å². The first kappa shape index (κ1) is 15.0. The average Bonchev–Trinajstić information content (AvgIpc) is 2.43. The van der Waals surface area contributed by atoms with Crippen LogP contribution in [0.2, 0.25) is 0 Å². The molecule has 0 spiro atoms. The number of rotatable bonds is 4. The SMILES string of the molecule is COc1cc(C)c(Br)cc1C(N)Cc1ccccc1F. The molecule has 1 atom stereocenters. The lowest BCUT2D eigenvalue weighted by Gasteiger charge is -2.17. The van der Waals surface area contributed by atoms with Crippen molar-refractivity contribution in [2.24, 2.45) is 5.73 Å². The fraction of sp³-hybridized carbons (Fsp3) is 0.250. The van der Waals surface area contributed by atoms with Gasteiger partial charge in [-0.25, -0.2) is 4.39 Å². The van der Waals surface area contributed by atoms with Gasteiger partial charge in [0.2, 0.25) is 0 Å². The molecule has 0 saturated heterocycles. The minimum Gasteiger partial charge on any atom is -0.496 e. The summed E-state index contributed by atoms with van der Waals surface area (Å²) in [6, 6.07) is 10.2. The highest BCUT2D eigenvalue weighted by atomic mass is 79.9. The monoisotopic (exact) mass is 337 g/mol. The molecule has 0 heterocycles. The molecule has 0 saturated carbocycles. The zero-order valence-electron chi connectivity index (χ0n) is 11.5. The van der Waals surface area contributed by atoms with E-state index in [2.05, 4.69) is 15.9 Å². The predicted octanol–water partition coefficient (Wildman–Crippen LogP) is 4.15. The molecule has 4 heteroatoms. The standard InChI is InChI=1S/C16H17BrFNO/c1-10-7-16(20-2)12(9-13(10)17)15(19)8-11-5-3-4-6-14(11)18/h3-7,9,15H,8,19H2,1-2H3. The lowest BCUT2D eigenvalue weighted by Crippen LogP contribution is -2.15. The molecule has 2 aromatic rings. The van der Waals surface area contributed by atoms with Crippen LogP contribution < -0.4 is 10.5 Å². The first-order chi connectivity index (χ1) is 9.52. The fourth-order valence-corrected chi connectivity index (χ4v) is 2.51. The molecule has 0 radical (unpaired) electrons. The zero-order valence-corrected chi connectivity index (χ0v) is 13.1. The highest BCUT2D eigenvalue weighted by molar-refractivity contribution is 9.10. The molecule has 2 rings (SSSR count). The highest BCUT2D eigenvalue weighted by Gasteiger charge is 2.16. The largest absolute Gasteiger partial charge is 0.496 e. The van der Waals surface area contributed by atoms with E-state index in [1.807, 2.05) is 25.1 Å².